The van der Waals surface area contributed by atoms with Gasteiger partial charge < -0.3 is 9.80 Å². The highest BCUT2D eigenvalue weighted by atomic mass is 35.5. The van der Waals surface area contributed by atoms with Crippen LogP contribution in [0.25, 0.3) is 0 Å². The Balaban J connectivity index is 1.46. The number of amides is 1. The second-order valence-electron chi connectivity index (χ2n) is 7.39. The molecule has 3 aromatic rings. The van der Waals surface area contributed by atoms with Gasteiger partial charge in [-0.15, -0.1) is 0 Å². The average Bonchev–Trinajstić information content (AvgIpc) is 2.75. The van der Waals surface area contributed by atoms with Crippen LogP contribution in [0.5, 0.6) is 0 Å². The molecule has 0 spiro atoms. The largest absolute Gasteiger partial charge is 0.368 e. The summed E-state index contributed by atoms with van der Waals surface area (Å²) in [6.45, 7) is 5.01. The van der Waals surface area contributed by atoms with Crippen LogP contribution in [0.3, 0.4) is 0 Å². The van der Waals surface area contributed by atoms with E-state index in [4.69, 9.17) is 16.6 Å². The molecule has 5 heteroatoms. The third kappa shape index (κ3) is 4.60. The number of carbonyl (C=O) groups excluding carboxylic acids is 1. The Hall–Kier alpha value is -2.85. The van der Waals surface area contributed by atoms with E-state index in [2.05, 4.69) is 17.0 Å². The van der Waals surface area contributed by atoms with Gasteiger partial charge in [0.25, 0.3) is 5.91 Å². The van der Waals surface area contributed by atoms with E-state index >= 15 is 0 Å². The molecule has 0 aliphatic carbocycles. The van der Waals surface area contributed by atoms with E-state index in [0.29, 0.717) is 30.2 Å². The fourth-order valence-electron chi connectivity index (χ4n) is 3.70. The summed E-state index contributed by atoms with van der Waals surface area (Å²) in [6, 6.07) is 22.1. The number of nitrogens with zero attached hydrogens (tertiary/aromatic N) is 3. The number of pyridine rings is 1. The molecule has 4 rings (SSSR count). The van der Waals surface area contributed by atoms with E-state index in [1.807, 2.05) is 66.4 Å². The van der Waals surface area contributed by atoms with Crippen LogP contribution in [0.1, 0.15) is 27.3 Å². The summed E-state index contributed by atoms with van der Waals surface area (Å²) >= 11 is 6.09. The Bertz CT molecular complexity index is 998. The topological polar surface area (TPSA) is 36.4 Å². The zero-order valence-electron chi connectivity index (χ0n) is 16.5. The minimum Gasteiger partial charge on any atom is -0.368 e. The predicted molar refractivity (Wildman–Crippen MR) is 118 cm³/mol. The molecule has 2 heterocycles. The maximum absolute atomic E-state index is 13.1. The summed E-state index contributed by atoms with van der Waals surface area (Å²) < 4.78 is 0. The fourth-order valence-corrected chi connectivity index (χ4v) is 3.91. The van der Waals surface area contributed by atoms with Crippen LogP contribution >= 0.6 is 11.6 Å². The van der Waals surface area contributed by atoms with E-state index in [0.717, 1.165) is 29.9 Å². The molecule has 1 aliphatic rings. The molecule has 2 aromatic carbocycles. The van der Waals surface area contributed by atoms with Crippen molar-refractivity contribution in [2.24, 2.45) is 0 Å². The molecule has 1 aliphatic heterocycles. The molecule has 4 nitrogen and oxygen atoms in total. The first-order valence-corrected chi connectivity index (χ1v) is 10.3. The lowest BCUT2D eigenvalue weighted by Gasteiger charge is -2.36. The van der Waals surface area contributed by atoms with Crippen molar-refractivity contribution in [3.8, 4) is 0 Å². The number of hydrogen-bond acceptors (Lipinski definition) is 3. The molecule has 0 unspecified atom stereocenters. The highest BCUT2D eigenvalue weighted by Crippen LogP contribution is 2.19. The van der Waals surface area contributed by atoms with Crippen molar-refractivity contribution in [3.63, 3.8) is 0 Å². The zero-order chi connectivity index (χ0) is 20.2. The van der Waals surface area contributed by atoms with Crippen LogP contribution in [0.4, 0.5) is 5.69 Å². The van der Waals surface area contributed by atoms with Crippen molar-refractivity contribution in [1.82, 2.24) is 9.88 Å². The number of anilines is 1. The predicted octanol–water partition coefficient (Wildman–Crippen LogP) is 4.60. The van der Waals surface area contributed by atoms with Crippen molar-refractivity contribution >= 4 is 23.2 Å². The van der Waals surface area contributed by atoms with Crippen molar-refractivity contribution < 1.29 is 4.79 Å². The van der Waals surface area contributed by atoms with Gasteiger partial charge in [0.15, 0.2) is 0 Å². The standard InChI is InChI=1S/C24H24ClN3O/c1-18-10-11-21(17-19-6-5-7-20(25)16-19)26-23(18)24(29)28-14-12-27(13-15-28)22-8-3-2-4-9-22/h2-11,16H,12-15,17H2,1H3. The van der Waals surface area contributed by atoms with E-state index in [9.17, 15) is 4.79 Å². The number of carbonyl (C=O) groups is 1. The zero-order valence-corrected chi connectivity index (χ0v) is 17.3. The Morgan fingerprint density at radius 2 is 1.72 bits per heavy atom. The lowest BCUT2D eigenvalue weighted by Crippen LogP contribution is -2.49. The van der Waals surface area contributed by atoms with Gasteiger partial charge in [0.05, 0.1) is 0 Å². The average molecular weight is 406 g/mol. The molecule has 1 aromatic heterocycles. The van der Waals surface area contributed by atoms with E-state index < -0.39 is 0 Å². The maximum Gasteiger partial charge on any atom is 0.272 e. The van der Waals surface area contributed by atoms with Crippen molar-refractivity contribution in [2.45, 2.75) is 13.3 Å². The second-order valence-corrected chi connectivity index (χ2v) is 7.83. The summed E-state index contributed by atoms with van der Waals surface area (Å²) in [4.78, 5) is 22.1. The fraction of sp³-hybridized carbons (Fsp3) is 0.250. The number of para-hydroxylation sites is 1. The number of aryl methyl sites for hydroxylation is 1. The lowest BCUT2D eigenvalue weighted by atomic mass is 10.1. The van der Waals surface area contributed by atoms with Crippen LogP contribution in [0.15, 0.2) is 66.7 Å². The third-order valence-electron chi connectivity index (χ3n) is 5.32. The Kier molecular flexibility index (Phi) is 5.81. The SMILES string of the molecule is Cc1ccc(Cc2cccc(Cl)c2)nc1C(=O)N1CCN(c2ccccc2)CC1. The highest BCUT2D eigenvalue weighted by Gasteiger charge is 2.24. The van der Waals surface area contributed by atoms with E-state index in [1.54, 1.807) is 0 Å². The first kappa shape index (κ1) is 19.5. The Morgan fingerprint density at radius 3 is 2.45 bits per heavy atom. The van der Waals surface area contributed by atoms with Gasteiger partial charge in [-0.05, 0) is 48.4 Å². The smallest absolute Gasteiger partial charge is 0.272 e. The normalized spacial score (nSPS) is 14.1. The van der Waals surface area contributed by atoms with Crippen LogP contribution in [0, 0.1) is 6.92 Å². The van der Waals surface area contributed by atoms with Crippen LogP contribution in [-0.2, 0) is 6.42 Å². The van der Waals surface area contributed by atoms with Gasteiger partial charge in [-0.25, -0.2) is 4.98 Å². The molecule has 29 heavy (non-hydrogen) atoms. The molecule has 0 N–H and O–H groups in total. The van der Waals surface area contributed by atoms with Gasteiger partial charge >= 0.3 is 0 Å². The molecule has 1 fully saturated rings. The number of aromatic nitrogens is 1. The van der Waals surface area contributed by atoms with Crippen molar-refractivity contribution in [2.75, 3.05) is 31.1 Å². The molecule has 1 amide bonds. The number of piperazine rings is 1. The maximum atomic E-state index is 13.1. The molecule has 148 valence electrons. The molecule has 0 radical (unpaired) electrons. The minimum absolute atomic E-state index is 0.0168. The quantitative estimate of drug-likeness (QED) is 0.636. The van der Waals surface area contributed by atoms with Crippen LogP contribution < -0.4 is 4.90 Å². The van der Waals surface area contributed by atoms with Gasteiger partial charge in [-0.1, -0.05) is 48.0 Å². The molecule has 0 bridgehead atoms. The van der Waals surface area contributed by atoms with Gasteiger partial charge in [0, 0.05) is 49.0 Å². The molecular weight excluding hydrogens is 382 g/mol. The van der Waals surface area contributed by atoms with Gasteiger partial charge in [-0.2, -0.15) is 0 Å². The summed E-state index contributed by atoms with van der Waals surface area (Å²) in [5.41, 5.74) is 4.64. The molecule has 1 saturated heterocycles. The number of benzene rings is 2. The lowest BCUT2D eigenvalue weighted by molar-refractivity contribution is 0.0740. The van der Waals surface area contributed by atoms with E-state index in [1.165, 1.54) is 5.69 Å². The minimum atomic E-state index is 0.0168. The van der Waals surface area contributed by atoms with Crippen molar-refractivity contribution in [3.05, 3.63) is 94.3 Å². The molecule has 0 atom stereocenters. The van der Waals surface area contributed by atoms with Crippen LogP contribution in [-0.4, -0.2) is 42.0 Å². The Morgan fingerprint density at radius 1 is 0.966 bits per heavy atom. The first-order chi connectivity index (χ1) is 14.1. The number of hydrogen-bond donors (Lipinski definition) is 0. The van der Waals surface area contributed by atoms with Gasteiger partial charge in [0.1, 0.15) is 5.69 Å². The number of rotatable bonds is 4. The highest BCUT2D eigenvalue weighted by molar-refractivity contribution is 6.30. The van der Waals surface area contributed by atoms with E-state index in [-0.39, 0.29) is 5.91 Å². The first-order valence-electron chi connectivity index (χ1n) is 9.90. The third-order valence-corrected chi connectivity index (χ3v) is 5.55. The molecule has 0 saturated carbocycles. The second kappa shape index (κ2) is 8.66. The Labute approximate surface area is 176 Å². The van der Waals surface area contributed by atoms with Crippen molar-refractivity contribution in [1.29, 1.82) is 0 Å². The summed E-state index contributed by atoms with van der Waals surface area (Å²) in [7, 11) is 0. The number of halogens is 1. The summed E-state index contributed by atoms with van der Waals surface area (Å²) in [5.74, 6) is 0.0168. The monoisotopic (exact) mass is 405 g/mol. The summed E-state index contributed by atoms with van der Waals surface area (Å²) in [6.07, 6.45) is 0.656. The summed E-state index contributed by atoms with van der Waals surface area (Å²) in [5, 5.41) is 0.710. The van der Waals surface area contributed by atoms with Gasteiger partial charge in [-0.3, -0.25) is 4.79 Å². The molecular formula is C24H24ClN3O. The van der Waals surface area contributed by atoms with Crippen LogP contribution in [0.2, 0.25) is 5.02 Å². The van der Waals surface area contributed by atoms with Gasteiger partial charge in [0.2, 0.25) is 0 Å².